The first-order valence-corrected chi connectivity index (χ1v) is 9.82. The number of benzene rings is 2. The van der Waals surface area contributed by atoms with Crippen LogP contribution in [0.5, 0.6) is 0 Å². The van der Waals surface area contributed by atoms with E-state index in [1.54, 1.807) is 12.1 Å². The van der Waals surface area contributed by atoms with E-state index in [1.165, 1.54) is 0 Å². The average molecular weight is 343 g/mol. The van der Waals surface area contributed by atoms with Gasteiger partial charge in [0.25, 0.3) is 0 Å². The number of hydrogen-bond donors (Lipinski definition) is 1. The molecule has 0 spiro atoms. The lowest BCUT2D eigenvalue weighted by atomic mass is 10.0. The zero-order valence-electron chi connectivity index (χ0n) is 14.3. The first-order valence-electron chi connectivity index (χ1n) is 8.33. The van der Waals surface area contributed by atoms with E-state index in [0.717, 1.165) is 29.5 Å². The number of allylic oxidation sites excluding steroid dienone is 1. The molecule has 0 radical (unpaired) electrons. The Kier molecular flexibility index (Phi) is 6.76. The van der Waals surface area contributed by atoms with E-state index < -0.39 is 10.0 Å². The van der Waals surface area contributed by atoms with Crippen molar-refractivity contribution < 1.29 is 8.42 Å². The first kappa shape index (κ1) is 18.4. The Labute approximate surface area is 145 Å². The van der Waals surface area contributed by atoms with Crippen molar-refractivity contribution in [2.45, 2.75) is 38.0 Å². The molecule has 2 aromatic rings. The van der Waals surface area contributed by atoms with Crippen molar-refractivity contribution in [1.82, 2.24) is 4.72 Å². The molecule has 2 aromatic carbocycles. The van der Waals surface area contributed by atoms with Crippen LogP contribution in [0.4, 0.5) is 0 Å². The zero-order chi connectivity index (χ0) is 17.4. The normalized spacial score (nSPS) is 11.9. The molecule has 0 heterocycles. The predicted molar refractivity (Wildman–Crippen MR) is 100 cm³/mol. The van der Waals surface area contributed by atoms with Gasteiger partial charge in [-0.05, 0) is 43.0 Å². The van der Waals surface area contributed by atoms with E-state index in [1.807, 2.05) is 37.3 Å². The maximum atomic E-state index is 12.3. The highest BCUT2D eigenvalue weighted by atomic mass is 32.2. The van der Waals surface area contributed by atoms with E-state index in [4.69, 9.17) is 0 Å². The van der Waals surface area contributed by atoms with Gasteiger partial charge in [-0.2, -0.15) is 0 Å². The first-order chi connectivity index (χ1) is 11.5. The number of unbranched alkanes of at least 4 members (excludes halogenated alkanes) is 1. The molecule has 0 aromatic heterocycles. The molecule has 4 heteroatoms. The van der Waals surface area contributed by atoms with Gasteiger partial charge in [-0.15, -0.1) is 0 Å². The summed E-state index contributed by atoms with van der Waals surface area (Å²) in [6.07, 6.45) is 7.11. The third kappa shape index (κ3) is 5.32. The number of nitrogens with one attached hydrogen (secondary N) is 1. The maximum absolute atomic E-state index is 12.3. The maximum Gasteiger partial charge on any atom is 0.240 e. The van der Waals surface area contributed by atoms with Crippen LogP contribution in [-0.4, -0.2) is 15.0 Å². The molecule has 0 atom stereocenters. The monoisotopic (exact) mass is 343 g/mol. The number of hydrogen-bond acceptors (Lipinski definition) is 2. The van der Waals surface area contributed by atoms with Crippen LogP contribution >= 0.6 is 0 Å². The molecule has 0 aliphatic rings. The molecule has 3 nitrogen and oxygen atoms in total. The molecular formula is C20H25NO2S. The molecule has 128 valence electrons. The summed E-state index contributed by atoms with van der Waals surface area (Å²) < 4.78 is 27.3. The molecule has 0 bridgehead atoms. The molecular weight excluding hydrogens is 318 g/mol. The summed E-state index contributed by atoms with van der Waals surface area (Å²) in [7, 11) is -3.45. The minimum Gasteiger partial charge on any atom is -0.211 e. The molecule has 0 saturated carbocycles. The summed E-state index contributed by atoms with van der Waals surface area (Å²) in [5.41, 5.74) is 3.35. The van der Waals surface area contributed by atoms with Gasteiger partial charge in [0.2, 0.25) is 10.0 Å². The molecule has 0 unspecified atom stereocenters. The fourth-order valence-electron chi connectivity index (χ4n) is 2.42. The molecule has 0 amide bonds. The molecule has 0 aliphatic carbocycles. The second-order valence-corrected chi connectivity index (χ2v) is 7.62. The fraction of sp³-hybridized carbons (Fsp3) is 0.300. The summed E-state index contributed by atoms with van der Waals surface area (Å²) in [5.74, 6) is 0. The number of sulfonamides is 1. The highest BCUT2D eigenvalue weighted by Gasteiger charge is 2.13. The van der Waals surface area contributed by atoms with E-state index in [2.05, 4.69) is 29.9 Å². The molecule has 0 aliphatic heterocycles. The quantitative estimate of drug-likeness (QED) is 0.775. The molecule has 0 saturated heterocycles. The van der Waals surface area contributed by atoms with Gasteiger partial charge >= 0.3 is 0 Å². The van der Waals surface area contributed by atoms with Crippen LogP contribution in [0.15, 0.2) is 59.5 Å². The van der Waals surface area contributed by atoms with Gasteiger partial charge in [0.1, 0.15) is 0 Å². The third-order valence-electron chi connectivity index (χ3n) is 3.83. The summed E-state index contributed by atoms with van der Waals surface area (Å²) in [4.78, 5) is 0.309. The van der Waals surface area contributed by atoms with Crippen molar-refractivity contribution in [3.63, 3.8) is 0 Å². The summed E-state index contributed by atoms with van der Waals surface area (Å²) in [6, 6.07) is 15.0. The lowest BCUT2D eigenvalue weighted by Crippen LogP contribution is -2.26. The summed E-state index contributed by atoms with van der Waals surface area (Å²) in [5, 5.41) is 0. The second-order valence-electron chi connectivity index (χ2n) is 5.85. The van der Waals surface area contributed by atoms with E-state index in [0.29, 0.717) is 17.9 Å². The Balaban J connectivity index is 2.00. The van der Waals surface area contributed by atoms with Crippen LogP contribution in [0.2, 0.25) is 0 Å². The summed E-state index contributed by atoms with van der Waals surface area (Å²) >= 11 is 0. The van der Waals surface area contributed by atoms with Crippen LogP contribution in [0.3, 0.4) is 0 Å². The smallest absolute Gasteiger partial charge is 0.211 e. The van der Waals surface area contributed by atoms with E-state index in [9.17, 15) is 8.42 Å². The molecule has 0 fully saturated rings. The van der Waals surface area contributed by atoms with Gasteiger partial charge in [-0.25, -0.2) is 13.1 Å². The van der Waals surface area contributed by atoms with Crippen LogP contribution in [0, 0.1) is 6.92 Å². The molecule has 2 rings (SSSR count). The van der Waals surface area contributed by atoms with Crippen molar-refractivity contribution in [2.75, 3.05) is 6.54 Å². The average Bonchev–Trinajstić information content (AvgIpc) is 2.57. The van der Waals surface area contributed by atoms with Gasteiger partial charge in [0.15, 0.2) is 0 Å². The Morgan fingerprint density at radius 2 is 1.75 bits per heavy atom. The topological polar surface area (TPSA) is 46.2 Å². The summed E-state index contributed by atoms with van der Waals surface area (Å²) in [6.45, 7) is 4.47. The molecule has 1 N–H and O–H groups in total. The SMILES string of the molecule is CCC/C=C/c1ccccc1CCNS(=O)(=O)c1ccc(C)cc1. The Hall–Kier alpha value is -1.91. The lowest BCUT2D eigenvalue weighted by Gasteiger charge is -2.09. The Morgan fingerprint density at radius 3 is 2.46 bits per heavy atom. The van der Waals surface area contributed by atoms with Crippen LogP contribution in [-0.2, 0) is 16.4 Å². The zero-order valence-corrected chi connectivity index (χ0v) is 15.1. The van der Waals surface area contributed by atoms with E-state index in [-0.39, 0.29) is 0 Å². The van der Waals surface area contributed by atoms with Crippen molar-refractivity contribution >= 4 is 16.1 Å². The number of aryl methyl sites for hydroxylation is 1. The van der Waals surface area contributed by atoms with Crippen LogP contribution in [0.25, 0.3) is 6.08 Å². The minimum atomic E-state index is -3.45. The second kappa shape index (κ2) is 8.81. The minimum absolute atomic E-state index is 0.309. The lowest BCUT2D eigenvalue weighted by molar-refractivity contribution is 0.581. The van der Waals surface area contributed by atoms with Crippen molar-refractivity contribution in [2.24, 2.45) is 0 Å². The predicted octanol–water partition coefficient (Wildman–Crippen LogP) is 4.33. The molecule has 24 heavy (non-hydrogen) atoms. The van der Waals surface area contributed by atoms with E-state index >= 15 is 0 Å². The van der Waals surface area contributed by atoms with Gasteiger partial charge in [0.05, 0.1) is 4.90 Å². The van der Waals surface area contributed by atoms with Crippen molar-refractivity contribution in [3.8, 4) is 0 Å². The Bertz CT molecular complexity index is 778. The third-order valence-corrected chi connectivity index (χ3v) is 5.30. The fourth-order valence-corrected chi connectivity index (χ4v) is 3.45. The Morgan fingerprint density at radius 1 is 1.04 bits per heavy atom. The van der Waals surface area contributed by atoms with Gasteiger partial charge < -0.3 is 0 Å². The van der Waals surface area contributed by atoms with Gasteiger partial charge in [-0.1, -0.05) is 67.5 Å². The van der Waals surface area contributed by atoms with Crippen LogP contribution < -0.4 is 4.72 Å². The van der Waals surface area contributed by atoms with Crippen molar-refractivity contribution in [3.05, 3.63) is 71.3 Å². The standard InChI is InChI=1S/C20H25NO2S/c1-3-4-5-8-18-9-6-7-10-19(18)15-16-21-24(22,23)20-13-11-17(2)12-14-20/h5-14,21H,3-4,15-16H2,1-2H3/b8-5+. The van der Waals surface area contributed by atoms with Crippen molar-refractivity contribution in [1.29, 1.82) is 0 Å². The highest BCUT2D eigenvalue weighted by molar-refractivity contribution is 7.89. The highest BCUT2D eigenvalue weighted by Crippen LogP contribution is 2.13. The van der Waals surface area contributed by atoms with Gasteiger partial charge in [0, 0.05) is 6.54 Å². The van der Waals surface area contributed by atoms with Gasteiger partial charge in [-0.3, -0.25) is 0 Å². The van der Waals surface area contributed by atoms with Crippen LogP contribution in [0.1, 0.15) is 36.5 Å². The largest absolute Gasteiger partial charge is 0.240 e. The number of rotatable bonds is 8.